The Morgan fingerprint density at radius 3 is 2.50 bits per heavy atom. The fourth-order valence-corrected chi connectivity index (χ4v) is 4.11. The fraction of sp³-hybridized carbons (Fsp3) is 0.276. The maximum Gasteiger partial charge on any atom is 0.227 e. The zero-order valence-electron chi connectivity index (χ0n) is 20.8. The van der Waals surface area contributed by atoms with Crippen LogP contribution in [0.1, 0.15) is 29.9 Å². The first kappa shape index (κ1) is 25.3. The van der Waals surface area contributed by atoms with Gasteiger partial charge in [-0.1, -0.05) is 36.4 Å². The largest absolute Gasteiger partial charge is 0.493 e. The predicted octanol–water partition coefficient (Wildman–Crippen LogP) is 5.90. The molecule has 2 aromatic heterocycles. The normalized spacial score (nSPS) is 12.0. The zero-order chi connectivity index (χ0) is 25.3. The van der Waals surface area contributed by atoms with Gasteiger partial charge in [0.2, 0.25) is 5.88 Å². The highest BCUT2D eigenvalue weighted by Gasteiger charge is 2.24. The lowest BCUT2D eigenvalue weighted by molar-refractivity contribution is 0.0939. The maximum absolute atomic E-state index is 10.7. The van der Waals surface area contributed by atoms with Gasteiger partial charge in [-0.05, 0) is 56.2 Å². The van der Waals surface area contributed by atoms with Gasteiger partial charge in [0.15, 0.2) is 11.5 Å². The summed E-state index contributed by atoms with van der Waals surface area (Å²) in [5.41, 5.74) is 2.65. The van der Waals surface area contributed by atoms with E-state index in [1.165, 1.54) is 0 Å². The number of aryl methyl sites for hydroxylation is 1. The molecule has 7 heteroatoms. The number of hydrogen-bond donors (Lipinski definition) is 1. The van der Waals surface area contributed by atoms with E-state index in [1.54, 1.807) is 13.4 Å². The first-order valence-electron chi connectivity index (χ1n) is 12.1. The molecule has 0 radical (unpaired) electrons. The molecule has 2 aromatic carbocycles. The zero-order valence-corrected chi connectivity index (χ0v) is 20.8. The molecule has 0 aliphatic carbocycles. The number of ether oxygens (including phenoxy) is 2. The quantitative estimate of drug-likeness (QED) is 0.237. The summed E-state index contributed by atoms with van der Waals surface area (Å²) in [6.45, 7) is 7.27. The highest BCUT2D eigenvalue weighted by Crippen LogP contribution is 2.36. The van der Waals surface area contributed by atoms with Crippen molar-refractivity contribution in [3.05, 3.63) is 103 Å². The molecule has 4 aromatic rings. The van der Waals surface area contributed by atoms with Crippen molar-refractivity contribution in [3.8, 4) is 23.1 Å². The molecular weight excluding hydrogens is 454 g/mol. The van der Waals surface area contributed by atoms with E-state index >= 15 is 0 Å². The van der Waals surface area contributed by atoms with Crippen LogP contribution in [0.5, 0.6) is 17.4 Å². The van der Waals surface area contributed by atoms with Crippen LogP contribution in [-0.2, 0) is 13.1 Å². The summed E-state index contributed by atoms with van der Waals surface area (Å²) in [5, 5.41) is 15.5. The summed E-state index contributed by atoms with van der Waals surface area (Å²) < 4.78 is 19.5. The Hall–Kier alpha value is -3.81. The Bertz CT molecular complexity index is 1230. The van der Waals surface area contributed by atoms with Crippen molar-refractivity contribution in [1.82, 2.24) is 14.7 Å². The first-order chi connectivity index (χ1) is 17.6. The molecule has 1 N–H and O–H groups in total. The van der Waals surface area contributed by atoms with Crippen molar-refractivity contribution >= 4 is 0 Å². The minimum Gasteiger partial charge on any atom is -0.493 e. The highest BCUT2D eigenvalue weighted by molar-refractivity contribution is 5.47. The number of rotatable bonds is 13. The summed E-state index contributed by atoms with van der Waals surface area (Å²) >= 11 is 0. The van der Waals surface area contributed by atoms with E-state index in [-0.39, 0.29) is 0 Å². The molecule has 2 heterocycles. The fourth-order valence-electron chi connectivity index (χ4n) is 4.11. The molecule has 0 saturated heterocycles. The van der Waals surface area contributed by atoms with Gasteiger partial charge in [-0.3, -0.25) is 4.90 Å². The summed E-state index contributed by atoms with van der Waals surface area (Å²) in [7, 11) is 1.62. The molecule has 7 nitrogen and oxygen atoms in total. The maximum atomic E-state index is 10.7. The number of furan rings is 1. The van der Waals surface area contributed by atoms with Gasteiger partial charge in [0.25, 0.3) is 0 Å². The van der Waals surface area contributed by atoms with Gasteiger partial charge in [0.05, 0.1) is 43.0 Å². The molecule has 0 saturated carbocycles. The van der Waals surface area contributed by atoms with Crippen LogP contribution in [-0.4, -0.2) is 39.5 Å². The smallest absolute Gasteiger partial charge is 0.227 e. The minimum atomic E-state index is -0.499. The molecule has 0 bridgehead atoms. The number of benzene rings is 2. The molecule has 0 aliphatic heterocycles. The van der Waals surface area contributed by atoms with E-state index in [1.807, 2.05) is 84.4 Å². The van der Waals surface area contributed by atoms with E-state index in [9.17, 15) is 5.11 Å². The van der Waals surface area contributed by atoms with E-state index in [0.29, 0.717) is 43.4 Å². The van der Waals surface area contributed by atoms with Crippen LogP contribution >= 0.6 is 0 Å². The molecule has 188 valence electrons. The van der Waals surface area contributed by atoms with Crippen LogP contribution in [0.4, 0.5) is 0 Å². The standard InChI is InChI=1S/C29H33N3O4/c1-4-5-14-24(33)19-31(20-25-15-11-18-35-25)21-26-22(2)30-32(23-12-7-6-8-13-23)29(26)36-28-17-10-9-16-27(28)34-3/h4,6-13,15-18,24,33H,1,5,14,19-21H2,2-3H3. The summed E-state index contributed by atoms with van der Waals surface area (Å²) in [5.74, 6) is 2.66. The van der Waals surface area contributed by atoms with Crippen LogP contribution < -0.4 is 9.47 Å². The third-order valence-electron chi connectivity index (χ3n) is 5.93. The summed E-state index contributed by atoms with van der Waals surface area (Å²) in [6, 6.07) is 21.3. The Morgan fingerprint density at radius 2 is 1.81 bits per heavy atom. The Balaban J connectivity index is 1.72. The third kappa shape index (κ3) is 6.24. The van der Waals surface area contributed by atoms with Gasteiger partial charge in [-0.15, -0.1) is 6.58 Å². The topological polar surface area (TPSA) is 72.9 Å². The molecule has 0 amide bonds. The van der Waals surface area contributed by atoms with Gasteiger partial charge in [-0.2, -0.15) is 5.10 Å². The number of allylic oxidation sites excluding steroid dienone is 1. The van der Waals surface area contributed by atoms with E-state index in [0.717, 1.165) is 29.1 Å². The number of para-hydroxylation sites is 3. The monoisotopic (exact) mass is 487 g/mol. The number of aromatic nitrogens is 2. The Labute approximate surface area is 212 Å². The van der Waals surface area contributed by atoms with Crippen molar-refractivity contribution in [1.29, 1.82) is 0 Å². The molecule has 4 rings (SSSR count). The SMILES string of the molecule is C=CCCC(O)CN(Cc1ccco1)Cc1c(C)nn(-c2ccccc2)c1Oc1ccccc1OC. The number of methoxy groups -OCH3 is 1. The number of aliphatic hydroxyl groups is 1. The molecule has 1 atom stereocenters. The minimum absolute atomic E-state index is 0.471. The molecular formula is C29H33N3O4. The van der Waals surface area contributed by atoms with Gasteiger partial charge in [0, 0.05) is 13.1 Å². The molecule has 36 heavy (non-hydrogen) atoms. The van der Waals surface area contributed by atoms with E-state index < -0.39 is 6.10 Å². The average molecular weight is 488 g/mol. The van der Waals surface area contributed by atoms with Crippen molar-refractivity contribution in [2.24, 2.45) is 0 Å². The Kier molecular flexibility index (Phi) is 8.60. The number of hydrogen-bond acceptors (Lipinski definition) is 6. The van der Waals surface area contributed by atoms with Gasteiger partial charge >= 0.3 is 0 Å². The van der Waals surface area contributed by atoms with Gasteiger partial charge < -0.3 is 19.0 Å². The number of nitrogens with zero attached hydrogens (tertiary/aromatic N) is 3. The molecule has 0 fully saturated rings. The Morgan fingerprint density at radius 1 is 1.06 bits per heavy atom. The summed E-state index contributed by atoms with van der Waals surface area (Å²) in [6.07, 6.45) is 4.39. The second-order valence-corrected chi connectivity index (χ2v) is 8.64. The number of aliphatic hydroxyl groups excluding tert-OH is 1. The third-order valence-corrected chi connectivity index (χ3v) is 5.93. The highest BCUT2D eigenvalue weighted by atomic mass is 16.5. The predicted molar refractivity (Wildman–Crippen MR) is 140 cm³/mol. The molecule has 1 unspecified atom stereocenters. The van der Waals surface area contributed by atoms with Crippen molar-refractivity contribution in [2.45, 2.75) is 39.0 Å². The lowest BCUT2D eigenvalue weighted by atomic mass is 10.1. The lowest BCUT2D eigenvalue weighted by Crippen LogP contribution is -2.32. The van der Waals surface area contributed by atoms with E-state index in [4.69, 9.17) is 19.0 Å². The van der Waals surface area contributed by atoms with Crippen LogP contribution in [0.3, 0.4) is 0 Å². The van der Waals surface area contributed by atoms with Crippen molar-refractivity contribution in [3.63, 3.8) is 0 Å². The molecule has 0 spiro atoms. The van der Waals surface area contributed by atoms with Crippen LogP contribution in [0.2, 0.25) is 0 Å². The second-order valence-electron chi connectivity index (χ2n) is 8.64. The van der Waals surface area contributed by atoms with Crippen molar-refractivity contribution in [2.75, 3.05) is 13.7 Å². The van der Waals surface area contributed by atoms with Crippen LogP contribution in [0, 0.1) is 6.92 Å². The molecule has 0 aliphatic rings. The second kappa shape index (κ2) is 12.2. The van der Waals surface area contributed by atoms with Gasteiger partial charge in [-0.25, -0.2) is 4.68 Å². The van der Waals surface area contributed by atoms with Crippen LogP contribution in [0.25, 0.3) is 5.69 Å². The van der Waals surface area contributed by atoms with E-state index in [2.05, 4.69) is 11.5 Å². The lowest BCUT2D eigenvalue weighted by Gasteiger charge is -2.24. The van der Waals surface area contributed by atoms with Gasteiger partial charge in [0.1, 0.15) is 5.76 Å². The summed E-state index contributed by atoms with van der Waals surface area (Å²) in [4.78, 5) is 2.15. The van der Waals surface area contributed by atoms with Crippen molar-refractivity contribution < 1.29 is 19.0 Å². The van der Waals surface area contributed by atoms with Crippen LogP contribution in [0.15, 0.2) is 90.1 Å². The average Bonchev–Trinajstić information content (AvgIpc) is 3.52. The first-order valence-corrected chi connectivity index (χ1v) is 12.1.